The Morgan fingerprint density at radius 2 is 1.66 bits per heavy atom. The van der Waals surface area contributed by atoms with Crippen LogP contribution in [0.25, 0.3) is 11.1 Å². The van der Waals surface area contributed by atoms with Crippen LogP contribution in [0.3, 0.4) is 0 Å². The van der Waals surface area contributed by atoms with Gasteiger partial charge in [-0.2, -0.15) is 0 Å². The van der Waals surface area contributed by atoms with Crippen molar-refractivity contribution in [1.29, 1.82) is 0 Å². The Bertz CT molecular complexity index is 848. The Balaban J connectivity index is 1.77. The molecular formula is C21H24O8. The number of benzene rings is 2. The van der Waals surface area contributed by atoms with E-state index >= 15 is 0 Å². The fourth-order valence-electron chi connectivity index (χ4n) is 3.17. The molecule has 1 saturated heterocycles. The standard InChI is InChI=1S/C21H24O8/c1-11-9-14(12-3-5-13(6-4-12)20(26)27-2)7-8-15(11)28-21-19(25)18(24)17(23)16(10-22)29-21/h3-9,16-19,21-25H,10H2,1-2H3/t16-,17-,18?,19?,21+/m1/s1. The van der Waals surface area contributed by atoms with Crippen molar-refractivity contribution < 1.29 is 39.4 Å². The van der Waals surface area contributed by atoms with E-state index in [-0.39, 0.29) is 0 Å². The van der Waals surface area contributed by atoms with Gasteiger partial charge in [-0.3, -0.25) is 0 Å². The van der Waals surface area contributed by atoms with Crippen LogP contribution < -0.4 is 4.74 Å². The molecule has 2 aromatic rings. The van der Waals surface area contributed by atoms with Crippen LogP contribution in [0.2, 0.25) is 0 Å². The molecule has 1 aliphatic heterocycles. The minimum Gasteiger partial charge on any atom is -0.465 e. The van der Waals surface area contributed by atoms with Crippen LogP contribution in [-0.2, 0) is 9.47 Å². The first-order valence-corrected chi connectivity index (χ1v) is 9.12. The lowest BCUT2D eigenvalue weighted by molar-refractivity contribution is -0.277. The van der Waals surface area contributed by atoms with Crippen molar-refractivity contribution in [3.8, 4) is 16.9 Å². The maximum atomic E-state index is 11.5. The van der Waals surface area contributed by atoms with E-state index in [0.717, 1.165) is 16.7 Å². The highest BCUT2D eigenvalue weighted by molar-refractivity contribution is 5.90. The smallest absolute Gasteiger partial charge is 0.337 e. The van der Waals surface area contributed by atoms with Gasteiger partial charge in [-0.15, -0.1) is 0 Å². The minimum atomic E-state index is -1.50. The number of hydrogen-bond acceptors (Lipinski definition) is 8. The van der Waals surface area contributed by atoms with E-state index in [9.17, 15) is 25.2 Å². The number of ether oxygens (including phenoxy) is 3. The molecule has 2 unspecified atom stereocenters. The van der Waals surface area contributed by atoms with Gasteiger partial charge in [0.05, 0.1) is 19.3 Å². The van der Waals surface area contributed by atoms with E-state index in [1.165, 1.54) is 7.11 Å². The lowest BCUT2D eigenvalue weighted by atomic mass is 9.99. The summed E-state index contributed by atoms with van der Waals surface area (Å²) in [6, 6.07) is 12.3. The quantitative estimate of drug-likeness (QED) is 0.535. The highest BCUT2D eigenvalue weighted by Crippen LogP contribution is 2.30. The zero-order chi connectivity index (χ0) is 21.1. The number of aliphatic hydroxyl groups excluding tert-OH is 4. The predicted molar refractivity (Wildman–Crippen MR) is 102 cm³/mol. The van der Waals surface area contributed by atoms with Crippen LogP contribution in [0, 0.1) is 6.92 Å². The third-order valence-corrected chi connectivity index (χ3v) is 4.91. The van der Waals surface area contributed by atoms with Gasteiger partial charge in [0.1, 0.15) is 30.2 Å². The molecule has 29 heavy (non-hydrogen) atoms. The molecule has 0 saturated carbocycles. The molecule has 2 aromatic carbocycles. The van der Waals surface area contributed by atoms with E-state index in [1.807, 2.05) is 13.0 Å². The van der Waals surface area contributed by atoms with E-state index in [1.54, 1.807) is 36.4 Å². The van der Waals surface area contributed by atoms with Gasteiger partial charge in [-0.25, -0.2) is 4.79 Å². The number of aliphatic hydroxyl groups is 4. The van der Waals surface area contributed by atoms with Gasteiger partial charge in [-0.05, 0) is 47.9 Å². The van der Waals surface area contributed by atoms with Gasteiger partial charge in [0, 0.05) is 0 Å². The van der Waals surface area contributed by atoms with Crippen LogP contribution >= 0.6 is 0 Å². The number of hydrogen-bond donors (Lipinski definition) is 4. The normalized spacial score (nSPS) is 26.8. The van der Waals surface area contributed by atoms with Crippen molar-refractivity contribution in [1.82, 2.24) is 0 Å². The minimum absolute atomic E-state index is 0.406. The maximum Gasteiger partial charge on any atom is 0.337 e. The lowest BCUT2D eigenvalue weighted by Crippen LogP contribution is -2.60. The van der Waals surface area contributed by atoms with Crippen molar-refractivity contribution in [3.63, 3.8) is 0 Å². The molecule has 0 bridgehead atoms. The van der Waals surface area contributed by atoms with Gasteiger partial charge < -0.3 is 34.6 Å². The molecule has 0 aromatic heterocycles. The molecular weight excluding hydrogens is 380 g/mol. The Labute approximate surface area is 167 Å². The summed E-state index contributed by atoms with van der Waals surface area (Å²) in [5, 5.41) is 39.1. The summed E-state index contributed by atoms with van der Waals surface area (Å²) in [6.45, 7) is 1.29. The molecule has 0 aliphatic carbocycles. The maximum absolute atomic E-state index is 11.5. The Morgan fingerprint density at radius 3 is 2.24 bits per heavy atom. The van der Waals surface area contributed by atoms with Crippen LogP contribution in [-0.4, -0.2) is 70.8 Å². The van der Waals surface area contributed by atoms with Crippen LogP contribution in [0.5, 0.6) is 5.75 Å². The van der Waals surface area contributed by atoms with E-state index in [2.05, 4.69) is 0 Å². The summed E-state index contributed by atoms with van der Waals surface area (Å²) in [4.78, 5) is 11.5. The van der Waals surface area contributed by atoms with Gasteiger partial charge in [0.15, 0.2) is 0 Å². The number of rotatable bonds is 5. The summed E-state index contributed by atoms with van der Waals surface area (Å²) >= 11 is 0. The Hall–Kier alpha value is -2.49. The second-order valence-corrected chi connectivity index (χ2v) is 6.86. The number of esters is 1. The van der Waals surface area contributed by atoms with E-state index < -0.39 is 43.3 Å². The zero-order valence-corrected chi connectivity index (χ0v) is 16.1. The third-order valence-electron chi connectivity index (χ3n) is 4.91. The highest BCUT2D eigenvalue weighted by Gasteiger charge is 2.44. The van der Waals surface area contributed by atoms with Gasteiger partial charge in [-0.1, -0.05) is 18.2 Å². The summed E-state index contributed by atoms with van der Waals surface area (Å²) in [5.74, 6) is 0.0141. The molecule has 5 atom stereocenters. The van der Waals surface area contributed by atoms with E-state index in [4.69, 9.17) is 14.2 Å². The van der Waals surface area contributed by atoms with Crippen LogP contribution in [0.15, 0.2) is 42.5 Å². The van der Waals surface area contributed by atoms with Crippen molar-refractivity contribution in [3.05, 3.63) is 53.6 Å². The van der Waals surface area contributed by atoms with Crippen molar-refractivity contribution in [2.24, 2.45) is 0 Å². The third kappa shape index (κ3) is 4.42. The molecule has 0 spiro atoms. The molecule has 156 valence electrons. The monoisotopic (exact) mass is 404 g/mol. The molecule has 1 aliphatic rings. The number of carbonyl (C=O) groups is 1. The fraction of sp³-hybridized carbons (Fsp3) is 0.381. The molecule has 0 radical (unpaired) electrons. The zero-order valence-electron chi connectivity index (χ0n) is 16.1. The molecule has 4 N–H and O–H groups in total. The largest absolute Gasteiger partial charge is 0.465 e. The summed E-state index contributed by atoms with van der Waals surface area (Å²) in [6.07, 6.45) is -6.69. The first kappa shape index (κ1) is 21.2. The first-order chi connectivity index (χ1) is 13.8. The number of aryl methyl sites for hydroxylation is 1. The highest BCUT2D eigenvalue weighted by atomic mass is 16.7. The van der Waals surface area contributed by atoms with Gasteiger partial charge >= 0.3 is 5.97 Å². The average Bonchev–Trinajstić information content (AvgIpc) is 2.74. The molecule has 3 rings (SSSR count). The summed E-state index contributed by atoms with van der Waals surface area (Å²) in [5.41, 5.74) is 2.98. The topological polar surface area (TPSA) is 126 Å². The second kappa shape index (κ2) is 8.89. The van der Waals surface area contributed by atoms with Gasteiger partial charge in [0.25, 0.3) is 0 Å². The van der Waals surface area contributed by atoms with Crippen molar-refractivity contribution >= 4 is 5.97 Å². The van der Waals surface area contributed by atoms with Crippen LogP contribution in [0.1, 0.15) is 15.9 Å². The SMILES string of the molecule is COC(=O)c1ccc(-c2ccc(O[C@H]3O[C@H](CO)[C@@H](O)C(O)C3O)c(C)c2)cc1. The number of carbonyl (C=O) groups excluding carboxylic acids is 1. The average molecular weight is 404 g/mol. The molecule has 1 fully saturated rings. The van der Waals surface area contributed by atoms with E-state index in [0.29, 0.717) is 11.3 Å². The van der Waals surface area contributed by atoms with Crippen molar-refractivity contribution in [2.75, 3.05) is 13.7 Å². The lowest BCUT2D eigenvalue weighted by Gasteiger charge is -2.39. The van der Waals surface area contributed by atoms with Crippen molar-refractivity contribution in [2.45, 2.75) is 37.6 Å². The first-order valence-electron chi connectivity index (χ1n) is 9.12. The molecule has 8 nitrogen and oxygen atoms in total. The Morgan fingerprint density at radius 1 is 1.00 bits per heavy atom. The van der Waals surface area contributed by atoms with Gasteiger partial charge in [0.2, 0.25) is 6.29 Å². The Kier molecular flexibility index (Phi) is 6.51. The summed E-state index contributed by atoms with van der Waals surface area (Å²) in [7, 11) is 1.33. The summed E-state index contributed by atoms with van der Waals surface area (Å²) < 4.78 is 15.8. The fourth-order valence-corrected chi connectivity index (χ4v) is 3.17. The van der Waals surface area contributed by atoms with Crippen LogP contribution in [0.4, 0.5) is 0 Å². The molecule has 8 heteroatoms. The molecule has 0 amide bonds. The molecule has 1 heterocycles. The predicted octanol–water partition coefficient (Wildman–Crippen LogP) is 0.627. The second-order valence-electron chi connectivity index (χ2n) is 6.86. The number of methoxy groups -OCH3 is 1.